The van der Waals surface area contributed by atoms with Crippen LogP contribution in [-0.2, 0) is 4.79 Å². The van der Waals surface area contributed by atoms with E-state index in [0.29, 0.717) is 35.5 Å². The van der Waals surface area contributed by atoms with Crippen molar-refractivity contribution >= 4 is 34.0 Å². The lowest BCUT2D eigenvalue weighted by atomic mass is 10.1. The van der Waals surface area contributed by atoms with Crippen molar-refractivity contribution in [3.63, 3.8) is 0 Å². The molecular formula is C21H18N4O6S. The first-order valence-electron chi connectivity index (χ1n) is 9.62. The zero-order valence-corrected chi connectivity index (χ0v) is 17.7. The van der Waals surface area contributed by atoms with Gasteiger partial charge in [-0.2, -0.15) is 0 Å². The topological polar surface area (TPSA) is 133 Å². The van der Waals surface area contributed by atoms with Crippen LogP contribution < -0.4 is 20.1 Å². The maximum Gasteiger partial charge on any atom is 0.270 e. The first kappa shape index (κ1) is 21.2. The number of nitro groups is 1. The Morgan fingerprint density at radius 2 is 1.94 bits per heavy atom. The van der Waals surface area contributed by atoms with Gasteiger partial charge < -0.3 is 20.1 Å². The third-order valence-electron chi connectivity index (χ3n) is 4.63. The van der Waals surface area contributed by atoms with E-state index in [2.05, 4.69) is 15.6 Å². The molecule has 0 spiro atoms. The number of carbonyl (C=O) groups is 2. The van der Waals surface area contributed by atoms with Crippen molar-refractivity contribution in [1.82, 2.24) is 10.3 Å². The van der Waals surface area contributed by atoms with Crippen molar-refractivity contribution in [1.29, 1.82) is 0 Å². The summed E-state index contributed by atoms with van der Waals surface area (Å²) in [6, 6.07) is 9.90. The Bertz CT molecular complexity index is 1190. The second-order valence-corrected chi connectivity index (χ2v) is 7.75. The zero-order valence-electron chi connectivity index (χ0n) is 16.9. The number of non-ortho nitro benzene ring substituents is 1. The minimum absolute atomic E-state index is 0.0917. The maximum atomic E-state index is 12.5. The summed E-state index contributed by atoms with van der Waals surface area (Å²) in [6.45, 7) is 2.50. The van der Waals surface area contributed by atoms with E-state index >= 15 is 0 Å². The highest BCUT2D eigenvalue weighted by Crippen LogP contribution is 2.35. The monoisotopic (exact) mass is 454 g/mol. The molecule has 1 atom stereocenters. The Balaban J connectivity index is 1.39. The Kier molecular flexibility index (Phi) is 5.99. The van der Waals surface area contributed by atoms with E-state index in [1.807, 2.05) is 18.2 Å². The third-order valence-corrected chi connectivity index (χ3v) is 5.39. The fraction of sp³-hybridized carbons (Fsp3) is 0.190. The minimum Gasteiger partial charge on any atom is -0.486 e. The van der Waals surface area contributed by atoms with Crippen LogP contribution in [0.2, 0.25) is 0 Å². The molecule has 1 unspecified atom stereocenters. The molecule has 11 heteroatoms. The number of ether oxygens (including phenoxy) is 2. The summed E-state index contributed by atoms with van der Waals surface area (Å²) in [6.07, 6.45) is 0. The number of carbonyl (C=O) groups excluding carboxylic acids is 2. The third kappa shape index (κ3) is 4.67. The Hall–Kier alpha value is -3.99. The molecule has 4 rings (SSSR count). The number of nitro benzene ring substituents is 1. The molecule has 2 N–H and O–H groups in total. The number of hydrogen-bond donors (Lipinski definition) is 2. The van der Waals surface area contributed by atoms with E-state index in [4.69, 9.17) is 9.47 Å². The van der Waals surface area contributed by atoms with Gasteiger partial charge in [0.2, 0.25) is 5.91 Å². The average Bonchev–Trinajstić information content (AvgIpc) is 3.27. The molecule has 2 aromatic carbocycles. The van der Waals surface area contributed by atoms with E-state index in [1.54, 1.807) is 5.38 Å². The predicted octanol–water partition coefficient (Wildman–Crippen LogP) is 3.25. The summed E-state index contributed by atoms with van der Waals surface area (Å²) >= 11 is 1.25. The standard InChI is InChI=1S/C21H18N4O6S/c1-12(22-20(27)14-3-2-4-15(9-14)25(28)29)19(26)24-21-23-16(11-32-21)13-5-6-17-18(10-13)31-8-7-30-17/h2-6,9-12H,7-8H2,1H3,(H,22,27)(H,23,24,26). The van der Waals surface area contributed by atoms with Crippen molar-refractivity contribution in [2.24, 2.45) is 0 Å². The fourth-order valence-corrected chi connectivity index (χ4v) is 3.71. The SMILES string of the molecule is CC(NC(=O)c1cccc([N+](=O)[O-])c1)C(=O)Nc1nc(-c2ccc3c(c2)OCCO3)cs1. The van der Waals surface area contributed by atoms with Crippen molar-refractivity contribution in [3.05, 3.63) is 63.5 Å². The highest BCUT2D eigenvalue weighted by atomic mass is 32.1. The normalized spacial score (nSPS) is 13.2. The number of fused-ring (bicyclic) bond motifs is 1. The average molecular weight is 454 g/mol. The van der Waals surface area contributed by atoms with E-state index in [9.17, 15) is 19.7 Å². The second-order valence-electron chi connectivity index (χ2n) is 6.89. The summed E-state index contributed by atoms with van der Waals surface area (Å²) in [5, 5.41) is 18.2. The molecule has 0 aliphatic carbocycles. The summed E-state index contributed by atoms with van der Waals surface area (Å²) in [4.78, 5) is 39.5. The molecule has 2 amide bonds. The number of benzene rings is 2. The van der Waals surface area contributed by atoms with Crippen LogP contribution >= 0.6 is 11.3 Å². The molecule has 3 aromatic rings. The summed E-state index contributed by atoms with van der Waals surface area (Å²) in [5.41, 5.74) is 1.37. The number of anilines is 1. The smallest absolute Gasteiger partial charge is 0.270 e. The molecule has 10 nitrogen and oxygen atoms in total. The van der Waals surface area contributed by atoms with Crippen LogP contribution in [0.3, 0.4) is 0 Å². The van der Waals surface area contributed by atoms with E-state index in [0.717, 1.165) is 11.6 Å². The summed E-state index contributed by atoms with van der Waals surface area (Å²) in [7, 11) is 0. The summed E-state index contributed by atoms with van der Waals surface area (Å²) in [5.74, 6) is 0.265. The fourth-order valence-electron chi connectivity index (χ4n) is 2.99. The number of hydrogen-bond acceptors (Lipinski definition) is 8. The molecule has 2 heterocycles. The quantitative estimate of drug-likeness (QED) is 0.431. The van der Waals surface area contributed by atoms with Crippen molar-refractivity contribution in [3.8, 4) is 22.8 Å². The number of nitrogens with one attached hydrogen (secondary N) is 2. The highest BCUT2D eigenvalue weighted by molar-refractivity contribution is 7.14. The first-order chi connectivity index (χ1) is 15.4. The number of nitrogens with zero attached hydrogens (tertiary/aromatic N) is 2. The summed E-state index contributed by atoms with van der Waals surface area (Å²) < 4.78 is 11.1. The first-order valence-corrected chi connectivity index (χ1v) is 10.5. The van der Waals surface area contributed by atoms with Crippen LogP contribution in [-0.4, -0.2) is 41.0 Å². The Morgan fingerprint density at radius 1 is 1.16 bits per heavy atom. The molecular weight excluding hydrogens is 436 g/mol. The van der Waals surface area contributed by atoms with Gasteiger partial charge in [-0.1, -0.05) is 6.07 Å². The Morgan fingerprint density at radius 3 is 2.72 bits per heavy atom. The van der Waals surface area contributed by atoms with Crippen LogP contribution in [0.5, 0.6) is 11.5 Å². The van der Waals surface area contributed by atoms with Crippen LogP contribution in [0.1, 0.15) is 17.3 Å². The number of rotatable bonds is 6. The molecule has 0 radical (unpaired) electrons. The van der Waals surface area contributed by atoms with Crippen molar-refractivity contribution in [2.45, 2.75) is 13.0 Å². The van der Waals surface area contributed by atoms with E-state index < -0.39 is 22.8 Å². The maximum absolute atomic E-state index is 12.5. The van der Waals surface area contributed by atoms with Crippen LogP contribution in [0.15, 0.2) is 47.8 Å². The highest BCUT2D eigenvalue weighted by Gasteiger charge is 2.20. The molecule has 0 saturated carbocycles. The van der Waals surface area contributed by atoms with Crippen LogP contribution in [0, 0.1) is 10.1 Å². The lowest BCUT2D eigenvalue weighted by Crippen LogP contribution is -2.41. The molecule has 1 aliphatic heterocycles. The van der Waals surface area contributed by atoms with E-state index in [-0.39, 0.29) is 11.3 Å². The van der Waals surface area contributed by atoms with Crippen molar-refractivity contribution in [2.75, 3.05) is 18.5 Å². The van der Waals surface area contributed by atoms with Gasteiger partial charge in [0, 0.05) is 28.6 Å². The molecule has 0 bridgehead atoms. The van der Waals surface area contributed by atoms with Crippen molar-refractivity contribution < 1.29 is 24.0 Å². The molecule has 32 heavy (non-hydrogen) atoms. The molecule has 164 valence electrons. The van der Waals surface area contributed by atoms with E-state index in [1.165, 1.54) is 36.5 Å². The van der Waals surface area contributed by atoms with Gasteiger partial charge in [-0.15, -0.1) is 11.3 Å². The van der Waals surface area contributed by atoms with Crippen LogP contribution in [0.25, 0.3) is 11.3 Å². The van der Waals surface area contributed by atoms with Gasteiger partial charge in [0.15, 0.2) is 16.6 Å². The lowest BCUT2D eigenvalue weighted by Gasteiger charge is -2.18. The van der Waals surface area contributed by atoms with Gasteiger partial charge in [0.05, 0.1) is 10.6 Å². The zero-order chi connectivity index (χ0) is 22.7. The number of aromatic nitrogens is 1. The number of amides is 2. The van der Waals surface area contributed by atoms with Gasteiger partial charge in [0.25, 0.3) is 11.6 Å². The molecule has 1 aromatic heterocycles. The van der Waals surface area contributed by atoms with Gasteiger partial charge in [-0.25, -0.2) is 4.98 Å². The van der Waals surface area contributed by atoms with Gasteiger partial charge >= 0.3 is 0 Å². The lowest BCUT2D eigenvalue weighted by molar-refractivity contribution is -0.384. The molecule has 0 fully saturated rings. The van der Waals surface area contributed by atoms with Gasteiger partial charge in [0.1, 0.15) is 19.3 Å². The largest absolute Gasteiger partial charge is 0.486 e. The number of thiazole rings is 1. The van der Waals surface area contributed by atoms with Crippen LogP contribution in [0.4, 0.5) is 10.8 Å². The minimum atomic E-state index is -0.886. The molecule has 0 saturated heterocycles. The van der Waals surface area contributed by atoms with Gasteiger partial charge in [-0.05, 0) is 31.2 Å². The molecule has 1 aliphatic rings. The second kappa shape index (κ2) is 9.02. The Labute approximate surface area is 186 Å². The van der Waals surface area contributed by atoms with Gasteiger partial charge in [-0.3, -0.25) is 19.7 Å². The predicted molar refractivity (Wildman–Crippen MR) is 117 cm³/mol.